The zero-order chi connectivity index (χ0) is 20.6. The van der Waals surface area contributed by atoms with Gasteiger partial charge in [0.2, 0.25) is 0 Å². The lowest BCUT2D eigenvalue weighted by atomic mass is 10.2. The zero-order valence-electron chi connectivity index (χ0n) is 15.1. The molecule has 8 heteroatoms. The van der Waals surface area contributed by atoms with Crippen molar-refractivity contribution in [3.05, 3.63) is 94.0 Å². The molecule has 3 N–H and O–H groups in total. The number of urea groups is 1. The summed E-state index contributed by atoms with van der Waals surface area (Å²) in [6.45, 7) is 0.384. The third-order valence-corrected chi connectivity index (χ3v) is 4.39. The van der Waals surface area contributed by atoms with Crippen LogP contribution in [0.5, 0.6) is 5.75 Å². The van der Waals surface area contributed by atoms with Crippen molar-refractivity contribution >= 4 is 40.8 Å². The van der Waals surface area contributed by atoms with Gasteiger partial charge in [0.1, 0.15) is 12.4 Å². The Bertz CT molecular complexity index is 996. The maximum atomic E-state index is 12.3. The molecule has 0 fully saturated rings. The van der Waals surface area contributed by atoms with E-state index in [1.165, 1.54) is 6.07 Å². The number of carbonyl (C=O) groups is 2. The molecule has 3 aromatic rings. The Morgan fingerprint density at radius 1 is 0.862 bits per heavy atom. The van der Waals surface area contributed by atoms with E-state index in [1.807, 2.05) is 30.3 Å². The highest BCUT2D eigenvalue weighted by atomic mass is 35.5. The minimum atomic E-state index is -0.611. The van der Waals surface area contributed by atoms with Gasteiger partial charge >= 0.3 is 6.03 Å². The van der Waals surface area contributed by atoms with E-state index < -0.39 is 11.9 Å². The fourth-order valence-electron chi connectivity index (χ4n) is 2.39. The van der Waals surface area contributed by atoms with Gasteiger partial charge in [0.15, 0.2) is 0 Å². The average Bonchev–Trinajstić information content (AvgIpc) is 2.73. The van der Waals surface area contributed by atoms with E-state index in [1.54, 1.807) is 36.4 Å². The third kappa shape index (κ3) is 6.14. The fourth-order valence-corrected chi connectivity index (χ4v) is 2.77. The summed E-state index contributed by atoms with van der Waals surface area (Å²) in [6, 6.07) is 20.3. The summed E-state index contributed by atoms with van der Waals surface area (Å²) in [5, 5.41) is 3.31. The van der Waals surface area contributed by atoms with Crippen LogP contribution < -0.4 is 20.9 Å². The number of benzene rings is 3. The quantitative estimate of drug-likeness (QED) is 0.497. The number of amides is 3. The first-order valence-electron chi connectivity index (χ1n) is 8.60. The number of anilines is 1. The molecular formula is C21H17Cl2N3O3. The molecule has 0 heterocycles. The van der Waals surface area contributed by atoms with Gasteiger partial charge in [0, 0.05) is 10.7 Å². The van der Waals surface area contributed by atoms with Crippen LogP contribution in [-0.4, -0.2) is 11.9 Å². The van der Waals surface area contributed by atoms with E-state index in [4.69, 9.17) is 27.9 Å². The first kappa shape index (κ1) is 20.5. The minimum absolute atomic E-state index is 0.200. The van der Waals surface area contributed by atoms with Gasteiger partial charge in [-0.3, -0.25) is 10.2 Å². The number of rotatable bonds is 5. The lowest BCUT2D eigenvalue weighted by Crippen LogP contribution is -2.44. The predicted octanol–water partition coefficient (Wildman–Crippen LogP) is 5.04. The van der Waals surface area contributed by atoms with Crippen LogP contribution in [0.2, 0.25) is 10.0 Å². The van der Waals surface area contributed by atoms with Crippen LogP contribution >= 0.6 is 23.2 Å². The van der Waals surface area contributed by atoms with Crippen LogP contribution in [0.25, 0.3) is 0 Å². The summed E-state index contributed by atoms with van der Waals surface area (Å²) >= 11 is 12.0. The molecule has 29 heavy (non-hydrogen) atoms. The van der Waals surface area contributed by atoms with Gasteiger partial charge in [-0.15, -0.1) is 0 Å². The highest BCUT2D eigenvalue weighted by molar-refractivity contribution is 6.34. The smallest absolute Gasteiger partial charge is 0.337 e. The fraction of sp³-hybridized carbons (Fsp3) is 0.0476. The first-order valence-corrected chi connectivity index (χ1v) is 9.36. The van der Waals surface area contributed by atoms with Crippen LogP contribution in [0.15, 0.2) is 72.8 Å². The van der Waals surface area contributed by atoms with E-state index in [2.05, 4.69) is 16.2 Å². The molecule has 0 bridgehead atoms. The van der Waals surface area contributed by atoms with Gasteiger partial charge in [0.25, 0.3) is 5.91 Å². The second-order valence-electron chi connectivity index (χ2n) is 5.96. The Labute approximate surface area is 177 Å². The lowest BCUT2D eigenvalue weighted by molar-refractivity contribution is 0.0938. The van der Waals surface area contributed by atoms with Crippen molar-refractivity contribution in [2.75, 3.05) is 5.32 Å². The summed E-state index contributed by atoms with van der Waals surface area (Å²) in [6.07, 6.45) is 0. The van der Waals surface area contributed by atoms with Crippen LogP contribution in [0.3, 0.4) is 0 Å². The van der Waals surface area contributed by atoms with Gasteiger partial charge in [-0.05, 0) is 48.0 Å². The molecule has 0 aliphatic rings. The van der Waals surface area contributed by atoms with Gasteiger partial charge in [0.05, 0.1) is 10.6 Å². The average molecular weight is 430 g/mol. The Balaban J connectivity index is 1.52. The maximum absolute atomic E-state index is 12.3. The summed E-state index contributed by atoms with van der Waals surface area (Å²) in [5.41, 5.74) is 6.30. The first-order chi connectivity index (χ1) is 14.0. The standard InChI is InChI=1S/C21H17Cl2N3O3/c22-15-6-8-16(9-7-15)24-21(28)26-25-20(27)18-11-10-17(12-19(18)23)29-13-14-4-2-1-3-5-14/h1-12H,13H2,(H,25,27)(H2,24,26,28). The van der Waals surface area contributed by atoms with E-state index in [9.17, 15) is 9.59 Å². The third-order valence-electron chi connectivity index (χ3n) is 3.83. The predicted molar refractivity (Wildman–Crippen MR) is 113 cm³/mol. The molecule has 0 saturated carbocycles. The zero-order valence-corrected chi connectivity index (χ0v) is 16.6. The Kier molecular flexibility index (Phi) is 6.94. The minimum Gasteiger partial charge on any atom is -0.489 e. The largest absolute Gasteiger partial charge is 0.489 e. The lowest BCUT2D eigenvalue weighted by Gasteiger charge is -2.11. The maximum Gasteiger partial charge on any atom is 0.337 e. The summed E-state index contributed by atoms with van der Waals surface area (Å²) in [5.74, 6) is -0.0280. The number of hydrogen-bond acceptors (Lipinski definition) is 3. The Morgan fingerprint density at radius 3 is 2.28 bits per heavy atom. The van der Waals surface area contributed by atoms with E-state index in [-0.39, 0.29) is 10.6 Å². The van der Waals surface area contributed by atoms with E-state index >= 15 is 0 Å². The van der Waals surface area contributed by atoms with Gasteiger partial charge in [-0.1, -0.05) is 53.5 Å². The molecule has 0 spiro atoms. The van der Waals surface area contributed by atoms with Gasteiger partial charge in [-0.25, -0.2) is 10.2 Å². The summed E-state index contributed by atoms with van der Waals surface area (Å²) in [7, 11) is 0. The highest BCUT2D eigenvalue weighted by Crippen LogP contribution is 2.23. The highest BCUT2D eigenvalue weighted by Gasteiger charge is 2.12. The normalized spacial score (nSPS) is 10.1. The molecule has 6 nitrogen and oxygen atoms in total. The monoisotopic (exact) mass is 429 g/mol. The molecule has 0 aliphatic carbocycles. The molecule has 0 atom stereocenters. The van der Waals surface area contributed by atoms with Crippen LogP contribution in [-0.2, 0) is 6.61 Å². The van der Waals surface area contributed by atoms with Crippen molar-refractivity contribution < 1.29 is 14.3 Å². The van der Waals surface area contributed by atoms with Crippen LogP contribution in [0.4, 0.5) is 10.5 Å². The van der Waals surface area contributed by atoms with Gasteiger partial charge < -0.3 is 10.1 Å². The Hall–Kier alpha value is -3.22. The molecular weight excluding hydrogens is 413 g/mol. The number of halogens is 2. The van der Waals surface area contributed by atoms with Crippen molar-refractivity contribution in [2.24, 2.45) is 0 Å². The topological polar surface area (TPSA) is 79.5 Å². The summed E-state index contributed by atoms with van der Waals surface area (Å²) in [4.78, 5) is 24.1. The molecule has 3 amide bonds. The van der Waals surface area contributed by atoms with Crippen molar-refractivity contribution in [3.8, 4) is 5.75 Å². The molecule has 0 aromatic heterocycles. The Morgan fingerprint density at radius 2 is 1.59 bits per heavy atom. The van der Waals surface area contributed by atoms with Crippen LogP contribution in [0, 0.1) is 0 Å². The molecule has 0 unspecified atom stereocenters. The SMILES string of the molecule is O=C(NNC(=O)c1ccc(OCc2ccccc2)cc1Cl)Nc1ccc(Cl)cc1. The molecule has 0 saturated heterocycles. The number of hydrogen-bond donors (Lipinski definition) is 3. The molecule has 0 radical (unpaired) electrons. The van der Waals surface area contributed by atoms with E-state index in [0.717, 1.165) is 5.56 Å². The number of nitrogens with one attached hydrogen (secondary N) is 3. The number of hydrazine groups is 1. The molecule has 148 valence electrons. The number of ether oxygens (including phenoxy) is 1. The molecule has 3 aromatic carbocycles. The summed E-state index contributed by atoms with van der Waals surface area (Å²) < 4.78 is 5.68. The van der Waals surface area contributed by atoms with Gasteiger partial charge in [-0.2, -0.15) is 0 Å². The van der Waals surface area contributed by atoms with Crippen molar-refractivity contribution in [2.45, 2.75) is 6.61 Å². The van der Waals surface area contributed by atoms with E-state index in [0.29, 0.717) is 23.1 Å². The van der Waals surface area contributed by atoms with Crippen molar-refractivity contribution in [3.63, 3.8) is 0 Å². The number of carbonyl (C=O) groups excluding carboxylic acids is 2. The van der Waals surface area contributed by atoms with Crippen molar-refractivity contribution in [1.82, 2.24) is 10.9 Å². The van der Waals surface area contributed by atoms with Crippen molar-refractivity contribution in [1.29, 1.82) is 0 Å². The second kappa shape index (κ2) is 9.82. The molecule has 3 rings (SSSR count). The second-order valence-corrected chi connectivity index (χ2v) is 6.80. The molecule has 0 aliphatic heterocycles. The van der Waals surface area contributed by atoms with Crippen LogP contribution in [0.1, 0.15) is 15.9 Å².